The van der Waals surface area contributed by atoms with E-state index in [0.29, 0.717) is 6.42 Å². The molecule has 0 aromatic heterocycles. The molecule has 3 N–H and O–H groups in total. The second-order valence-electron chi connectivity index (χ2n) is 1.57. The molecule has 0 bridgehead atoms. The number of alkyl halides is 1. The summed E-state index contributed by atoms with van der Waals surface area (Å²) in [5.74, 6) is 0.255. The summed E-state index contributed by atoms with van der Waals surface area (Å²) in [6, 6.07) is 0. The minimum absolute atomic E-state index is 0.255. The summed E-state index contributed by atoms with van der Waals surface area (Å²) < 4.78 is 25.2. The zero-order chi connectivity index (χ0) is 10.8. The molecule has 0 aliphatic rings. The van der Waals surface area contributed by atoms with Crippen LogP contribution in [0.4, 0.5) is 0 Å². The van der Waals surface area contributed by atoms with Gasteiger partial charge in [0.05, 0.1) is 0 Å². The van der Waals surface area contributed by atoms with E-state index in [4.69, 9.17) is 13.0 Å². The van der Waals surface area contributed by atoms with Gasteiger partial charge in [0.15, 0.2) is 0 Å². The Bertz CT molecular complexity index is 182. The zero-order valence-corrected chi connectivity index (χ0v) is 8.82. The summed E-state index contributed by atoms with van der Waals surface area (Å²) in [5.41, 5.74) is 0. The molecule has 0 aromatic rings. The van der Waals surface area contributed by atoms with Crippen LogP contribution in [0.5, 0.6) is 0 Å². The molecule has 0 rings (SSSR count). The molecule has 0 unspecified atom stereocenters. The molecule has 12 heavy (non-hydrogen) atoms. The van der Waals surface area contributed by atoms with Gasteiger partial charge in [-0.2, -0.15) is 8.42 Å². The van der Waals surface area contributed by atoms with E-state index in [1.165, 1.54) is 6.38 Å². The Morgan fingerprint density at radius 2 is 1.58 bits per heavy atom. The average molecular weight is 220 g/mol. The molecule has 0 aliphatic heterocycles. The van der Waals surface area contributed by atoms with Crippen molar-refractivity contribution in [2.75, 3.05) is 6.38 Å². The highest BCUT2D eigenvalue weighted by Gasteiger charge is 1.81. The highest BCUT2D eigenvalue weighted by Crippen LogP contribution is 1.71. The van der Waals surface area contributed by atoms with Crippen molar-refractivity contribution in [2.45, 2.75) is 20.3 Å². The molecule has 5 nitrogen and oxygen atoms in total. The van der Waals surface area contributed by atoms with Crippen molar-refractivity contribution in [1.82, 2.24) is 0 Å². The van der Waals surface area contributed by atoms with Gasteiger partial charge in [0.25, 0.3) is 0 Å². The van der Waals surface area contributed by atoms with Crippen molar-refractivity contribution in [2.24, 2.45) is 5.14 Å². The van der Waals surface area contributed by atoms with Crippen LogP contribution in [0.15, 0.2) is 0 Å². The number of ketones is 1. The lowest BCUT2D eigenvalue weighted by molar-refractivity contribution is -0.116. The van der Waals surface area contributed by atoms with Gasteiger partial charge in [-0.1, -0.05) is 6.92 Å². The zero-order valence-electron chi connectivity index (χ0n) is 7.24. The van der Waals surface area contributed by atoms with E-state index in [9.17, 15) is 4.79 Å². The summed E-state index contributed by atoms with van der Waals surface area (Å²) >= 11 is 4.64. The number of halogens is 1. The summed E-state index contributed by atoms with van der Waals surface area (Å²) in [5, 5.41) is 3.88. The van der Waals surface area contributed by atoms with E-state index < -0.39 is 10.3 Å². The average Bonchev–Trinajstić information content (AvgIpc) is 1.89. The monoisotopic (exact) mass is 219 g/mol. The second-order valence-corrected chi connectivity index (χ2v) is 2.60. The van der Waals surface area contributed by atoms with Gasteiger partial charge in [0, 0.05) is 12.8 Å². The van der Waals surface area contributed by atoms with Crippen molar-refractivity contribution in [1.29, 1.82) is 0 Å². The van der Waals surface area contributed by atoms with Crippen molar-refractivity contribution >= 4 is 27.7 Å². The molecule has 0 saturated heterocycles. The summed E-state index contributed by atoms with van der Waals surface area (Å²) in [6.07, 6.45) is 2.14. The van der Waals surface area contributed by atoms with E-state index in [-0.39, 0.29) is 5.78 Å². The third-order valence-corrected chi connectivity index (χ3v) is 0.498. The van der Waals surface area contributed by atoms with Gasteiger partial charge in [-0.25, -0.2) is 5.14 Å². The number of carbonyl (C=O) groups is 1. The van der Waals surface area contributed by atoms with Crippen LogP contribution >= 0.6 is 11.6 Å². The molecule has 0 heterocycles. The van der Waals surface area contributed by atoms with Crippen LogP contribution in [0.1, 0.15) is 20.3 Å². The van der Waals surface area contributed by atoms with Gasteiger partial charge in [0.1, 0.15) is 5.78 Å². The first-order valence-electron chi connectivity index (χ1n) is 2.89. The smallest absolute Gasteiger partial charge is 0.300 e. The Morgan fingerprint density at radius 1 is 1.50 bits per heavy atom. The Kier molecular flexibility index (Phi) is 16.1. The van der Waals surface area contributed by atoms with Crippen LogP contribution < -0.4 is 5.14 Å². The Hall–Kier alpha value is -0.170. The predicted molar refractivity (Wildman–Crippen MR) is 48.5 cm³/mol. The fourth-order valence-electron chi connectivity index (χ4n) is 0. The molecule has 76 valence electrons. The van der Waals surface area contributed by atoms with Crippen molar-refractivity contribution in [3.63, 3.8) is 0 Å². The largest absolute Gasteiger partial charge is 0.330 e. The number of carbonyl (C=O) groups excluding carboxylic acids is 1. The van der Waals surface area contributed by atoms with Crippen molar-refractivity contribution < 1.29 is 17.8 Å². The van der Waals surface area contributed by atoms with Gasteiger partial charge in [-0.3, -0.25) is 4.55 Å². The third-order valence-electron chi connectivity index (χ3n) is 0.498. The van der Waals surface area contributed by atoms with Crippen molar-refractivity contribution in [3.8, 4) is 0 Å². The minimum atomic E-state index is -4.17. The Morgan fingerprint density at radius 3 is 1.58 bits per heavy atom. The van der Waals surface area contributed by atoms with Gasteiger partial charge >= 0.3 is 10.3 Å². The first-order chi connectivity index (χ1) is 5.27. The van der Waals surface area contributed by atoms with E-state index in [1.807, 2.05) is 6.92 Å². The fourth-order valence-corrected chi connectivity index (χ4v) is 0. The van der Waals surface area contributed by atoms with Gasteiger partial charge < -0.3 is 4.79 Å². The maximum atomic E-state index is 9.81. The molecule has 0 aliphatic carbocycles. The normalized spacial score (nSPS) is 8.50. The lowest BCUT2D eigenvalue weighted by atomic mass is 10.4. The van der Waals surface area contributed by atoms with Crippen LogP contribution in [0.3, 0.4) is 0 Å². The van der Waals surface area contributed by atoms with E-state index >= 15 is 0 Å². The Labute approximate surface area is 77.8 Å². The molecule has 0 spiro atoms. The maximum Gasteiger partial charge on any atom is 0.330 e. The van der Waals surface area contributed by atoms with Crippen LogP contribution in [0, 0.1) is 0 Å². The van der Waals surface area contributed by atoms with Crippen LogP contribution in [-0.4, -0.2) is 25.1 Å². The summed E-state index contributed by atoms with van der Waals surface area (Å²) in [4.78, 5) is 9.81. The number of nitrogens with two attached hydrogens (primary N) is 1. The molecule has 0 radical (unpaired) electrons. The molecule has 0 aromatic carbocycles. The maximum absolute atomic E-state index is 9.81. The quantitative estimate of drug-likeness (QED) is 0.498. The molecular weight excluding hydrogens is 206 g/mol. The van der Waals surface area contributed by atoms with Gasteiger partial charge in [-0.15, -0.1) is 11.6 Å². The standard InChI is InChI=1S/C4H8O.CH3Cl.H3NO3S/c1-3-4(2)5;1-2;1-5(2,3)4/h3H2,1-2H3;1H3;(H3,1,2,3,4). The van der Waals surface area contributed by atoms with E-state index in [2.05, 4.69) is 16.7 Å². The van der Waals surface area contributed by atoms with Crippen LogP contribution in [-0.2, 0) is 15.1 Å². The molecule has 0 saturated carbocycles. The van der Waals surface area contributed by atoms with Gasteiger partial charge in [0.2, 0.25) is 0 Å². The lowest BCUT2D eigenvalue weighted by Crippen LogP contribution is -2.08. The molecule has 0 atom stereocenters. The lowest BCUT2D eigenvalue weighted by Gasteiger charge is -1.71. The molecule has 7 heteroatoms. The van der Waals surface area contributed by atoms with Crippen LogP contribution in [0.25, 0.3) is 0 Å². The first kappa shape index (κ1) is 17.8. The number of rotatable bonds is 1. The first-order valence-corrected chi connectivity index (χ1v) is 5.15. The predicted octanol–water partition coefficient (Wildman–Crippen LogP) is 0.588. The van der Waals surface area contributed by atoms with Crippen molar-refractivity contribution in [3.05, 3.63) is 0 Å². The van der Waals surface area contributed by atoms with Gasteiger partial charge in [-0.05, 0) is 6.92 Å². The second kappa shape index (κ2) is 10.8. The third kappa shape index (κ3) is 229. The topological polar surface area (TPSA) is 97.5 Å². The summed E-state index contributed by atoms with van der Waals surface area (Å²) in [7, 11) is -4.17. The number of hydrogen-bond donors (Lipinski definition) is 2. The molecule has 0 fully saturated rings. The molecule has 0 amide bonds. The molecular formula is C5H14ClNO4S. The fraction of sp³-hybridized carbons (Fsp3) is 0.800. The number of hydrogen-bond acceptors (Lipinski definition) is 3. The number of Topliss-reactive ketones (excluding diaryl/α,β-unsaturated/α-hetero) is 1. The SMILES string of the molecule is CCC(C)=O.CCl.NS(=O)(=O)O. The van der Waals surface area contributed by atoms with E-state index in [1.54, 1.807) is 6.92 Å². The Balaban J connectivity index is -0.000000112. The van der Waals surface area contributed by atoms with E-state index in [0.717, 1.165) is 0 Å². The summed E-state index contributed by atoms with van der Waals surface area (Å²) in [6.45, 7) is 3.43. The van der Waals surface area contributed by atoms with Crippen LogP contribution in [0.2, 0.25) is 0 Å². The highest BCUT2D eigenvalue weighted by molar-refractivity contribution is 7.83. The highest BCUT2D eigenvalue weighted by atomic mass is 35.5. The minimum Gasteiger partial charge on any atom is -0.300 e.